The van der Waals surface area contributed by atoms with Crippen LogP contribution < -0.4 is 5.32 Å². The summed E-state index contributed by atoms with van der Waals surface area (Å²) < 4.78 is 0. The van der Waals surface area contributed by atoms with Crippen LogP contribution in [0.4, 0.5) is 0 Å². The highest BCUT2D eigenvalue weighted by atomic mass is 16.6. The van der Waals surface area contributed by atoms with Crippen LogP contribution in [0.3, 0.4) is 0 Å². The van der Waals surface area contributed by atoms with E-state index in [1.54, 1.807) is 7.05 Å². The number of oxime groups is 1. The molecule has 128 valence electrons. The monoisotopic (exact) mass is 324 g/mol. The third-order valence-electron chi connectivity index (χ3n) is 4.36. The summed E-state index contributed by atoms with van der Waals surface area (Å²) in [6.45, 7) is 23.7. The SMILES string of the molecule is C=NO/C(NC)=C(\C)C(=C)/C=C\C(=C)C(=C)/C=C\C(=C)C1(C)CC1. The number of allylic oxidation sites excluding steroid dienone is 9. The van der Waals surface area contributed by atoms with Crippen molar-refractivity contribution in [3.8, 4) is 0 Å². The van der Waals surface area contributed by atoms with Crippen LogP contribution in [0.5, 0.6) is 0 Å². The number of nitrogens with one attached hydrogen (secondary N) is 1. The van der Waals surface area contributed by atoms with Gasteiger partial charge in [0, 0.05) is 19.3 Å². The molecule has 24 heavy (non-hydrogen) atoms. The average Bonchev–Trinajstić information content (AvgIpc) is 3.32. The Morgan fingerprint density at radius 1 is 1.00 bits per heavy atom. The molecule has 0 bridgehead atoms. The molecular formula is C21H28N2O. The van der Waals surface area contributed by atoms with Gasteiger partial charge in [0.1, 0.15) is 0 Å². The Labute approximate surface area is 146 Å². The first-order valence-corrected chi connectivity index (χ1v) is 7.90. The topological polar surface area (TPSA) is 33.6 Å². The molecule has 0 atom stereocenters. The summed E-state index contributed by atoms with van der Waals surface area (Å²) in [5.74, 6) is 0.512. The Kier molecular flexibility index (Phi) is 6.78. The maximum Gasteiger partial charge on any atom is 0.226 e. The predicted molar refractivity (Wildman–Crippen MR) is 105 cm³/mol. The third-order valence-corrected chi connectivity index (χ3v) is 4.36. The average molecular weight is 324 g/mol. The minimum absolute atomic E-state index is 0.285. The fraction of sp³-hybridized carbons (Fsp3) is 0.286. The van der Waals surface area contributed by atoms with Crippen molar-refractivity contribution < 1.29 is 4.84 Å². The normalized spacial score (nSPS) is 16.5. The maximum absolute atomic E-state index is 5.06. The molecule has 0 aliphatic heterocycles. The van der Waals surface area contributed by atoms with Crippen molar-refractivity contribution in [1.82, 2.24) is 5.32 Å². The molecule has 1 saturated carbocycles. The van der Waals surface area contributed by atoms with Gasteiger partial charge in [-0.05, 0) is 47.5 Å². The van der Waals surface area contributed by atoms with Gasteiger partial charge in [-0.2, -0.15) is 0 Å². The van der Waals surface area contributed by atoms with E-state index in [0.717, 1.165) is 27.9 Å². The Balaban J connectivity index is 2.68. The molecule has 0 aromatic heterocycles. The predicted octanol–water partition coefficient (Wildman–Crippen LogP) is 5.21. The van der Waals surface area contributed by atoms with Crippen molar-refractivity contribution >= 4 is 6.72 Å². The van der Waals surface area contributed by atoms with Crippen LogP contribution in [0, 0.1) is 5.41 Å². The molecule has 1 rings (SSSR count). The molecule has 3 nitrogen and oxygen atoms in total. The minimum atomic E-state index is 0.285. The summed E-state index contributed by atoms with van der Waals surface area (Å²) in [6.07, 6.45) is 10.2. The van der Waals surface area contributed by atoms with E-state index in [1.807, 2.05) is 31.2 Å². The van der Waals surface area contributed by atoms with E-state index < -0.39 is 0 Å². The molecule has 1 fully saturated rings. The highest BCUT2D eigenvalue weighted by molar-refractivity contribution is 5.48. The lowest BCUT2D eigenvalue weighted by Crippen LogP contribution is -2.10. The zero-order valence-corrected chi connectivity index (χ0v) is 15.1. The Bertz CT molecular complexity index is 655. The maximum atomic E-state index is 5.06. The summed E-state index contributed by atoms with van der Waals surface area (Å²) >= 11 is 0. The van der Waals surface area contributed by atoms with Gasteiger partial charge in [-0.1, -0.05) is 62.7 Å². The highest BCUT2D eigenvalue weighted by Crippen LogP contribution is 2.51. The molecule has 1 aliphatic rings. The van der Waals surface area contributed by atoms with Gasteiger partial charge in [0.05, 0.1) is 0 Å². The van der Waals surface area contributed by atoms with E-state index >= 15 is 0 Å². The minimum Gasteiger partial charge on any atom is -0.357 e. The lowest BCUT2D eigenvalue weighted by Gasteiger charge is -2.09. The van der Waals surface area contributed by atoms with Crippen LogP contribution in [0.2, 0.25) is 0 Å². The zero-order valence-electron chi connectivity index (χ0n) is 15.1. The van der Waals surface area contributed by atoms with Crippen molar-refractivity contribution in [3.05, 3.63) is 84.4 Å². The van der Waals surface area contributed by atoms with Gasteiger partial charge >= 0.3 is 0 Å². The third kappa shape index (κ3) is 5.27. The fourth-order valence-electron chi connectivity index (χ4n) is 1.96. The molecule has 0 radical (unpaired) electrons. The number of rotatable bonds is 10. The molecule has 0 unspecified atom stereocenters. The first kappa shape index (κ1) is 19.5. The van der Waals surface area contributed by atoms with Crippen LogP contribution in [0.1, 0.15) is 26.7 Å². The largest absolute Gasteiger partial charge is 0.357 e. The standard InChI is InChI=1S/C21H28N2O/c1-15(16(2)11-12-18(4)21(6)13-14-21)9-10-17(3)19(5)20(22-7)24-23-8/h9-12,22H,1-4,8,13-14H2,5-7H3/b10-9-,12-11-,20-19+. The molecule has 0 aromatic carbocycles. The van der Waals surface area contributed by atoms with E-state index in [1.165, 1.54) is 12.8 Å². The molecule has 1 aliphatic carbocycles. The number of hydrogen-bond acceptors (Lipinski definition) is 3. The van der Waals surface area contributed by atoms with E-state index in [9.17, 15) is 0 Å². The molecule has 0 spiro atoms. The van der Waals surface area contributed by atoms with Crippen molar-refractivity contribution in [3.63, 3.8) is 0 Å². The van der Waals surface area contributed by atoms with Gasteiger partial charge in [0.2, 0.25) is 5.88 Å². The molecule has 0 saturated heterocycles. The second-order valence-corrected chi connectivity index (χ2v) is 6.25. The second-order valence-electron chi connectivity index (χ2n) is 6.25. The summed E-state index contributed by atoms with van der Waals surface area (Å²) in [5, 5.41) is 6.33. The van der Waals surface area contributed by atoms with Crippen LogP contribution >= 0.6 is 0 Å². The van der Waals surface area contributed by atoms with Crippen molar-refractivity contribution in [2.75, 3.05) is 7.05 Å². The highest BCUT2D eigenvalue weighted by Gasteiger charge is 2.38. The van der Waals surface area contributed by atoms with Crippen molar-refractivity contribution in [2.45, 2.75) is 26.7 Å². The van der Waals surface area contributed by atoms with Gasteiger partial charge in [0.15, 0.2) is 0 Å². The molecule has 0 amide bonds. The first-order valence-electron chi connectivity index (χ1n) is 7.90. The molecular weight excluding hydrogens is 296 g/mol. The van der Waals surface area contributed by atoms with Crippen LogP contribution in [0.25, 0.3) is 0 Å². The van der Waals surface area contributed by atoms with Gasteiger partial charge in [0.25, 0.3) is 0 Å². The van der Waals surface area contributed by atoms with Crippen LogP contribution in [-0.4, -0.2) is 13.8 Å². The van der Waals surface area contributed by atoms with Gasteiger partial charge in [-0.15, -0.1) is 0 Å². The van der Waals surface area contributed by atoms with Gasteiger partial charge in [-0.3, -0.25) is 0 Å². The summed E-state index contributed by atoms with van der Waals surface area (Å²) in [6, 6.07) is 0. The quantitative estimate of drug-likeness (QED) is 0.259. The smallest absolute Gasteiger partial charge is 0.226 e. The number of nitrogens with zero attached hydrogens (tertiary/aromatic N) is 1. The fourth-order valence-corrected chi connectivity index (χ4v) is 1.96. The lowest BCUT2D eigenvalue weighted by atomic mass is 9.98. The van der Waals surface area contributed by atoms with Crippen LogP contribution in [0.15, 0.2) is 89.5 Å². The summed E-state index contributed by atoms with van der Waals surface area (Å²) in [4.78, 5) is 5.06. The Morgan fingerprint density at radius 2 is 1.50 bits per heavy atom. The molecule has 3 heteroatoms. The number of hydrogen-bond donors (Lipinski definition) is 1. The lowest BCUT2D eigenvalue weighted by molar-refractivity contribution is 0.208. The Morgan fingerprint density at radius 3 is 1.96 bits per heavy atom. The molecule has 0 aromatic rings. The Hall–Kier alpha value is -2.55. The van der Waals surface area contributed by atoms with E-state index in [-0.39, 0.29) is 5.41 Å². The van der Waals surface area contributed by atoms with E-state index in [0.29, 0.717) is 5.88 Å². The molecule has 0 heterocycles. The zero-order chi connectivity index (χ0) is 18.3. The van der Waals surface area contributed by atoms with Crippen molar-refractivity contribution in [2.24, 2.45) is 10.6 Å². The second kappa shape index (κ2) is 8.34. The van der Waals surface area contributed by atoms with Crippen molar-refractivity contribution in [1.29, 1.82) is 0 Å². The summed E-state index contributed by atoms with van der Waals surface area (Å²) in [5.41, 5.74) is 4.73. The molecule has 1 N–H and O–H groups in total. The van der Waals surface area contributed by atoms with Gasteiger partial charge < -0.3 is 10.2 Å². The summed E-state index contributed by atoms with van der Waals surface area (Å²) in [7, 11) is 1.75. The van der Waals surface area contributed by atoms with E-state index in [4.69, 9.17) is 4.84 Å². The van der Waals surface area contributed by atoms with Gasteiger partial charge in [-0.25, -0.2) is 0 Å². The van der Waals surface area contributed by atoms with E-state index in [2.05, 4.69) is 50.4 Å². The van der Waals surface area contributed by atoms with Crippen LogP contribution in [-0.2, 0) is 4.84 Å². The first-order chi connectivity index (χ1) is 11.2.